The first-order valence-corrected chi connectivity index (χ1v) is 9.40. The molecule has 24 heavy (non-hydrogen) atoms. The van der Waals surface area contributed by atoms with Crippen molar-refractivity contribution in [3.8, 4) is 0 Å². The van der Waals surface area contributed by atoms with E-state index in [1.54, 1.807) is 6.92 Å². The van der Waals surface area contributed by atoms with Gasteiger partial charge in [-0.05, 0) is 46.1 Å². The standard InChI is InChI=1S/C18H31N3O3/c1-13-10-20(11-14(2)24-13)18(23)12-19-8-4-6-16(19)17-7-5-9-21(17)15(3)22/h13-14,16-17H,4-12H2,1-3H3/t13-,14+,16-,17+/m0/s1. The maximum absolute atomic E-state index is 12.8. The molecule has 0 N–H and O–H groups in total. The van der Waals surface area contributed by atoms with E-state index in [1.165, 1.54) is 0 Å². The maximum atomic E-state index is 12.8. The van der Waals surface area contributed by atoms with E-state index in [0.29, 0.717) is 31.7 Å². The summed E-state index contributed by atoms with van der Waals surface area (Å²) in [5, 5.41) is 0. The zero-order valence-electron chi connectivity index (χ0n) is 15.2. The topological polar surface area (TPSA) is 53.1 Å². The minimum Gasteiger partial charge on any atom is -0.372 e. The fourth-order valence-corrected chi connectivity index (χ4v) is 4.72. The van der Waals surface area contributed by atoms with Crippen LogP contribution in [0.4, 0.5) is 0 Å². The number of nitrogens with zero attached hydrogens (tertiary/aromatic N) is 3. The molecule has 3 rings (SSSR count). The SMILES string of the molecule is CC(=O)N1CCC[C@@H]1[C@@H]1CCCN1CC(=O)N1C[C@@H](C)O[C@@H](C)C1. The van der Waals surface area contributed by atoms with Gasteiger partial charge in [0.05, 0.1) is 18.8 Å². The molecule has 0 aromatic heterocycles. The van der Waals surface area contributed by atoms with Crippen LogP contribution in [0.3, 0.4) is 0 Å². The van der Waals surface area contributed by atoms with Crippen molar-refractivity contribution in [2.24, 2.45) is 0 Å². The summed E-state index contributed by atoms with van der Waals surface area (Å²) in [4.78, 5) is 30.9. The summed E-state index contributed by atoms with van der Waals surface area (Å²) < 4.78 is 5.73. The van der Waals surface area contributed by atoms with E-state index >= 15 is 0 Å². The molecule has 0 unspecified atom stereocenters. The van der Waals surface area contributed by atoms with Gasteiger partial charge in [0.15, 0.2) is 0 Å². The Labute approximate surface area is 145 Å². The van der Waals surface area contributed by atoms with Crippen molar-refractivity contribution in [2.75, 3.05) is 32.7 Å². The van der Waals surface area contributed by atoms with Gasteiger partial charge in [-0.15, -0.1) is 0 Å². The lowest BCUT2D eigenvalue weighted by molar-refractivity contribution is -0.144. The number of amides is 2. The Hall–Kier alpha value is -1.14. The Bertz CT molecular complexity index is 474. The molecule has 3 fully saturated rings. The first-order chi connectivity index (χ1) is 11.5. The number of likely N-dealkylation sites (tertiary alicyclic amines) is 2. The average molecular weight is 337 g/mol. The van der Waals surface area contributed by atoms with Crippen LogP contribution >= 0.6 is 0 Å². The van der Waals surface area contributed by atoms with Crippen LogP contribution in [0.2, 0.25) is 0 Å². The molecule has 4 atom stereocenters. The largest absolute Gasteiger partial charge is 0.372 e. The Kier molecular flexibility index (Phi) is 5.45. The van der Waals surface area contributed by atoms with Crippen LogP contribution in [0, 0.1) is 0 Å². The highest BCUT2D eigenvalue weighted by Crippen LogP contribution is 2.30. The van der Waals surface area contributed by atoms with Crippen LogP contribution < -0.4 is 0 Å². The molecule has 6 heteroatoms. The predicted molar refractivity (Wildman–Crippen MR) is 91.6 cm³/mol. The number of morpholine rings is 1. The third-order valence-electron chi connectivity index (χ3n) is 5.67. The molecule has 3 aliphatic rings. The van der Waals surface area contributed by atoms with Gasteiger partial charge >= 0.3 is 0 Å². The molecular formula is C18H31N3O3. The summed E-state index contributed by atoms with van der Waals surface area (Å²) in [6.07, 6.45) is 4.58. The highest BCUT2D eigenvalue weighted by molar-refractivity contribution is 5.78. The second kappa shape index (κ2) is 7.40. The van der Waals surface area contributed by atoms with E-state index in [0.717, 1.165) is 38.8 Å². The molecule has 3 saturated heterocycles. The van der Waals surface area contributed by atoms with E-state index in [1.807, 2.05) is 23.6 Å². The van der Waals surface area contributed by atoms with E-state index < -0.39 is 0 Å². The third-order valence-corrected chi connectivity index (χ3v) is 5.67. The van der Waals surface area contributed by atoms with E-state index in [9.17, 15) is 9.59 Å². The van der Waals surface area contributed by atoms with Gasteiger partial charge < -0.3 is 14.5 Å². The van der Waals surface area contributed by atoms with Crippen LogP contribution in [0.1, 0.15) is 46.5 Å². The third kappa shape index (κ3) is 3.75. The van der Waals surface area contributed by atoms with Crippen LogP contribution in [0.15, 0.2) is 0 Å². The number of hydrogen-bond acceptors (Lipinski definition) is 4. The molecule has 0 bridgehead atoms. The minimum atomic E-state index is 0.107. The average Bonchev–Trinajstić information content (AvgIpc) is 3.14. The predicted octanol–water partition coefficient (Wildman–Crippen LogP) is 1.10. The highest BCUT2D eigenvalue weighted by atomic mass is 16.5. The fourth-order valence-electron chi connectivity index (χ4n) is 4.72. The molecule has 0 aromatic rings. The van der Waals surface area contributed by atoms with Gasteiger partial charge in [0.2, 0.25) is 11.8 Å². The first kappa shape index (κ1) is 17.7. The lowest BCUT2D eigenvalue weighted by Crippen LogP contribution is -2.53. The summed E-state index contributed by atoms with van der Waals surface area (Å²) >= 11 is 0. The van der Waals surface area contributed by atoms with Crippen molar-refractivity contribution in [1.82, 2.24) is 14.7 Å². The summed E-state index contributed by atoms with van der Waals surface area (Å²) in [5.41, 5.74) is 0. The molecule has 136 valence electrons. The lowest BCUT2D eigenvalue weighted by Gasteiger charge is -2.38. The molecule has 3 heterocycles. The van der Waals surface area contributed by atoms with Crippen LogP contribution in [0.25, 0.3) is 0 Å². The molecule has 0 aromatic carbocycles. The molecule has 0 saturated carbocycles. The van der Waals surface area contributed by atoms with Crippen LogP contribution in [-0.4, -0.2) is 83.5 Å². The van der Waals surface area contributed by atoms with Crippen molar-refractivity contribution in [3.05, 3.63) is 0 Å². The zero-order valence-corrected chi connectivity index (χ0v) is 15.2. The number of carbonyl (C=O) groups excluding carboxylic acids is 2. The monoisotopic (exact) mass is 337 g/mol. The summed E-state index contributed by atoms with van der Waals surface area (Å²) in [6, 6.07) is 0.636. The van der Waals surface area contributed by atoms with Gasteiger partial charge in [-0.25, -0.2) is 0 Å². The Morgan fingerprint density at radius 1 is 1.00 bits per heavy atom. The van der Waals surface area contributed by atoms with Crippen molar-refractivity contribution >= 4 is 11.8 Å². The number of hydrogen-bond donors (Lipinski definition) is 0. The summed E-state index contributed by atoms with van der Waals surface area (Å²) in [7, 11) is 0. The minimum absolute atomic E-state index is 0.107. The van der Waals surface area contributed by atoms with Gasteiger partial charge in [0.1, 0.15) is 0 Å². The van der Waals surface area contributed by atoms with Crippen molar-refractivity contribution in [2.45, 2.75) is 70.7 Å². The Morgan fingerprint density at radius 3 is 2.29 bits per heavy atom. The van der Waals surface area contributed by atoms with Crippen molar-refractivity contribution in [3.63, 3.8) is 0 Å². The van der Waals surface area contributed by atoms with Crippen molar-refractivity contribution < 1.29 is 14.3 Å². The molecule has 3 aliphatic heterocycles. The molecule has 0 spiro atoms. The van der Waals surface area contributed by atoms with Gasteiger partial charge in [0, 0.05) is 38.6 Å². The van der Waals surface area contributed by atoms with Gasteiger partial charge in [-0.3, -0.25) is 14.5 Å². The fraction of sp³-hybridized carbons (Fsp3) is 0.889. The van der Waals surface area contributed by atoms with Crippen LogP contribution in [-0.2, 0) is 14.3 Å². The number of carbonyl (C=O) groups is 2. The Balaban J connectivity index is 1.61. The normalized spacial score (nSPS) is 34.8. The molecular weight excluding hydrogens is 306 g/mol. The second-order valence-corrected chi connectivity index (χ2v) is 7.66. The molecule has 2 amide bonds. The highest BCUT2D eigenvalue weighted by Gasteiger charge is 2.40. The zero-order chi connectivity index (χ0) is 17.3. The van der Waals surface area contributed by atoms with Gasteiger partial charge in [-0.2, -0.15) is 0 Å². The smallest absolute Gasteiger partial charge is 0.236 e. The Morgan fingerprint density at radius 2 is 1.62 bits per heavy atom. The maximum Gasteiger partial charge on any atom is 0.236 e. The van der Waals surface area contributed by atoms with Gasteiger partial charge in [0.25, 0.3) is 0 Å². The summed E-state index contributed by atoms with van der Waals surface area (Å²) in [5.74, 6) is 0.378. The van der Waals surface area contributed by atoms with E-state index in [2.05, 4.69) is 4.90 Å². The van der Waals surface area contributed by atoms with E-state index in [-0.39, 0.29) is 24.0 Å². The number of ether oxygens (including phenoxy) is 1. The second-order valence-electron chi connectivity index (χ2n) is 7.66. The quantitative estimate of drug-likeness (QED) is 0.774. The lowest BCUT2D eigenvalue weighted by atomic mass is 10.0. The van der Waals surface area contributed by atoms with Gasteiger partial charge in [-0.1, -0.05) is 0 Å². The first-order valence-electron chi connectivity index (χ1n) is 9.40. The summed E-state index contributed by atoms with van der Waals surface area (Å²) in [6.45, 7) is 9.40. The number of rotatable bonds is 3. The van der Waals surface area contributed by atoms with E-state index in [4.69, 9.17) is 4.74 Å². The molecule has 6 nitrogen and oxygen atoms in total. The van der Waals surface area contributed by atoms with Crippen molar-refractivity contribution in [1.29, 1.82) is 0 Å². The molecule has 0 aliphatic carbocycles. The molecule has 0 radical (unpaired) electrons. The van der Waals surface area contributed by atoms with Crippen LogP contribution in [0.5, 0.6) is 0 Å².